The number of aryl methyl sites for hydroxylation is 1. The van der Waals surface area contributed by atoms with E-state index in [-0.39, 0.29) is 0 Å². The fourth-order valence-electron chi connectivity index (χ4n) is 2.92. The lowest BCUT2D eigenvalue weighted by Crippen LogP contribution is -2.45. The van der Waals surface area contributed by atoms with Gasteiger partial charge in [0.15, 0.2) is 0 Å². The van der Waals surface area contributed by atoms with Crippen molar-refractivity contribution in [3.8, 4) is 0 Å². The molecule has 0 atom stereocenters. The minimum absolute atomic E-state index is 0.713. The van der Waals surface area contributed by atoms with Crippen LogP contribution in [0.15, 0.2) is 24.5 Å². The Balaban J connectivity index is 1.48. The Kier molecular flexibility index (Phi) is 4.07. The van der Waals surface area contributed by atoms with Gasteiger partial charge in [0.05, 0.1) is 11.9 Å². The lowest BCUT2D eigenvalue weighted by atomic mass is 10.2. The molecule has 1 fully saturated rings. The Morgan fingerprint density at radius 1 is 1.25 bits per heavy atom. The minimum atomic E-state index is 0.713. The van der Waals surface area contributed by atoms with Gasteiger partial charge >= 0.3 is 0 Å². The first-order valence-electron chi connectivity index (χ1n) is 8.13. The van der Waals surface area contributed by atoms with Crippen LogP contribution >= 0.6 is 11.3 Å². The molecule has 0 spiro atoms. The summed E-state index contributed by atoms with van der Waals surface area (Å²) in [5.41, 5.74) is 2.19. The molecule has 4 heterocycles. The van der Waals surface area contributed by atoms with E-state index in [0.29, 0.717) is 6.54 Å². The number of fused-ring (bicyclic) bond motifs is 1. The van der Waals surface area contributed by atoms with E-state index >= 15 is 0 Å². The molecule has 0 saturated carbocycles. The fourth-order valence-corrected chi connectivity index (χ4v) is 3.75. The quantitative estimate of drug-likeness (QED) is 0.780. The maximum Gasteiger partial charge on any atom is 0.214 e. The van der Waals surface area contributed by atoms with Gasteiger partial charge in [0.1, 0.15) is 5.82 Å². The summed E-state index contributed by atoms with van der Waals surface area (Å²) in [7, 11) is 2.17. The molecule has 7 nitrogen and oxygen atoms in total. The third-order valence-electron chi connectivity index (χ3n) is 4.26. The summed E-state index contributed by atoms with van der Waals surface area (Å²) in [5, 5.41) is 8.82. The van der Waals surface area contributed by atoms with Crippen molar-refractivity contribution in [2.24, 2.45) is 0 Å². The van der Waals surface area contributed by atoms with Crippen molar-refractivity contribution in [2.45, 2.75) is 13.5 Å². The van der Waals surface area contributed by atoms with E-state index in [0.717, 1.165) is 47.8 Å². The largest absolute Gasteiger partial charge is 0.356 e. The smallest absolute Gasteiger partial charge is 0.214 e. The molecule has 1 aliphatic heterocycles. The number of nitrogens with zero attached hydrogens (tertiary/aromatic N) is 6. The van der Waals surface area contributed by atoms with Crippen molar-refractivity contribution in [3.63, 3.8) is 0 Å². The molecule has 24 heavy (non-hydrogen) atoms. The number of pyridine rings is 1. The number of rotatable bonds is 4. The minimum Gasteiger partial charge on any atom is -0.356 e. The first kappa shape index (κ1) is 15.3. The van der Waals surface area contributed by atoms with E-state index in [1.54, 1.807) is 11.3 Å². The summed E-state index contributed by atoms with van der Waals surface area (Å²) in [6, 6.07) is 4.13. The van der Waals surface area contributed by atoms with Crippen molar-refractivity contribution in [1.82, 2.24) is 24.5 Å². The zero-order chi connectivity index (χ0) is 16.5. The van der Waals surface area contributed by atoms with Gasteiger partial charge in [-0.1, -0.05) is 17.4 Å². The van der Waals surface area contributed by atoms with E-state index in [4.69, 9.17) is 0 Å². The molecule has 8 heteroatoms. The summed E-state index contributed by atoms with van der Waals surface area (Å²) >= 11 is 1.57. The second-order valence-corrected chi connectivity index (χ2v) is 7.10. The Hall–Kier alpha value is -2.19. The van der Waals surface area contributed by atoms with Crippen LogP contribution in [-0.2, 0) is 6.54 Å². The van der Waals surface area contributed by atoms with Gasteiger partial charge in [-0.2, -0.15) is 0 Å². The molecule has 126 valence electrons. The molecule has 0 bridgehead atoms. The predicted molar refractivity (Wildman–Crippen MR) is 96.9 cm³/mol. The van der Waals surface area contributed by atoms with Crippen molar-refractivity contribution in [3.05, 3.63) is 35.8 Å². The van der Waals surface area contributed by atoms with Gasteiger partial charge in [-0.15, -0.1) is 5.10 Å². The summed E-state index contributed by atoms with van der Waals surface area (Å²) < 4.78 is 1.83. The molecule has 4 rings (SSSR count). The van der Waals surface area contributed by atoms with Gasteiger partial charge in [0.2, 0.25) is 10.1 Å². The number of anilines is 2. The average molecular weight is 343 g/mol. The first-order valence-corrected chi connectivity index (χ1v) is 8.95. The van der Waals surface area contributed by atoms with Gasteiger partial charge in [0.25, 0.3) is 0 Å². The zero-order valence-electron chi connectivity index (χ0n) is 13.9. The standard InChI is InChI=1S/C16H21N7S/c1-12-11-23-16(19-12)24-15(20-23)18-10-13-4-3-5-17-14(13)22-8-6-21(2)7-9-22/h3-5,11H,6-10H2,1-2H3,(H,18,20). The van der Waals surface area contributed by atoms with Crippen molar-refractivity contribution in [2.75, 3.05) is 43.4 Å². The zero-order valence-corrected chi connectivity index (χ0v) is 14.8. The molecule has 3 aromatic rings. The maximum absolute atomic E-state index is 4.62. The molecule has 1 N–H and O–H groups in total. The summed E-state index contributed by atoms with van der Waals surface area (Å²) in [6.45, 7) is 6.88. The second-order valence-electron chi connectivity index (χ2n) is 6.15. The second kappa shape index (κ2) is 6.37. The van der Waals surface area contributed by atoms with Crippen LogP contribution < -0.4 is 10.2 Å². The predicted octanol–water partition coefficient (Wildman–Crippen LogP) is 1.86. The van der Waals surface area contributed by atoms with E-state index in [9.17, 15) is 0 Å². The monoisotopic (exact) mass is 343 g/mol. The summed E-state index contributed by atoms with van der Waals surface area (Å²) in [4.78, 5) is 14.7. The molecule has 1 saturated heterocycles. The molecule has 0 aromatic carbocycles. The molecular formula is C16H21N7S. The van der Waals surface area contributed by atoms with E-state index in [1.807, 2.05) is 29.9 Å². The summed E-state index contributed by atoms with van der Waals surface area (Å²) in [6.07, 6.45) is 3.81. The number of piperazine rings is 1. The third kappa shape index (κ3) is 3.07. The third-order valence-corrected chi connectivity index (χ3v) is 5.14. The van der Waals surface area contributed by atoms with Gasteiger partial charge < -0.3 is 15.1 Å². The van der Waals surface area contributed by atoms with Crippen LogP contribution in [0.2, 0.25) is 0 Å². The van der Waals surface area contributed by atoms with Crippen LogP contribution in [0.1, 0.15) is 11.3 Å². The number of likely N-dealkylation sites (N-methyl/N-ethyl adjacent to an activating group) is 1. The lowest BCUT2D eigenvalue weighted by molar-refractivity contribution is 0.312. The van der Waals surface area contributed by atoms with Crippen LogP contribution in [0.3, 0.4) is 0 Å². The number of hydrogen-bond acceptors (Lipinski definition) is 7. The highest BCUT2D eigenvalue weighted by Crippen LogP contribution is 2.23. The molecule has 0 radical (unpaired) electrons. The SMILES string of the molecule is Cc1cn2nc(NCc3cccnc3N3CCN(C)CC3)sc2n1. The summed E-state index contributed by atoms with van der Waals surface area (Å²) in [5.74, 6) is 1.08. The van der Waals surface area contributed by atoms with Crippen LogP contribution in [0.4, 0.5) is 10.9 Å². The lowest BCUT2D eigenvalue weighted by Gasteiger charge is -2.34. The van der Waals surface area contributed by atoms with Crippen LogP contribution in [-0.4, -0.2) is 57.7 Å². The van der Waals surface area contributed by atoms with E-state index in [2.05, 4.69) is 43.3 Å². The average Bonchev–Trinajstić information content (AvgIpc) is 3.11. The van der Waals surface area contributed by atoms with Crippen molar-refractivity contribution in [1.29, 1.82) is 0 Å². The van der Waals surface area contributed by atoms with Crippen molar-refractivity contribution >= 4 is 27.2 Å². The van der Waals surface area contributed by atoms with E-state index in [1.165, 1.54) is 5.56 Å². The topological polar surface area (TPSA) is 61.6 Å². The number of hydrogen-bond donors (Lipinski definition) is 1. The Labute approximate surface area is 144 Å². The molecule has 1 aliphatic rings. The normalized spacial score (nSPS) is 16.0. The number of imidazole rings is 1. The van der Waals surface area contributed by atoms with Gasteiger partial charge in [0, 0.05) is 44.5 Å². The fraction of sp³-hybridized carbons (Fsp3) is 0.438. The maximum atomic E-state index is 4.62. The highest BCUT2D eigenvalue weighted by Gasteiger charge is 2.18. The molecule has 0 amide bonds. The molecule has 3 aromatic heterocycles. The molecular weight excluding hydrogens is 322 g/mol. The van der Waals surface area contributed by atoms with Crippen LogP contribution in [0.25, 0.3) is 4.96 Å². The molecule has 0 aliphatic carbocycles. The van der Waals surface area contributed by atoms with Crippen LogP contribution in [0, 0.1) is 6.92 Å². The number of aromatic nitrogens is 4. The van der Waals surface area contributed by atoms with Gasteiger partial charge in [-0.05, 0) is 20.0 Å². The van der Waals surface area contributed by atoms with Gasteiger partial charge in [-0.25, -0.2) is 14.5 Å². The van der Waals surface area contributed by atoms with Gasteiger partial charge in [-0.3, -0.25) is 0 Å². The Morgan fingerprint density at radius 2 is 2.08 bits per heavy atom. The van der Waals surface area contributed by atoms with Crippen molar-refractivity contribution < 1.29 is 0 Å². The Bertz CT molecular complexity index is 800. The molecule has 0 unspecified atom stereocenters. The van der Waals surface area contributed by atoms with Crippen LogP contribution in [0.5, 0.6) is 0 Å². The highest BCUT2D eigenvalue weighted by molar-refractivity contribution is 7.20. The highest BCUT2D eigenvalue weighted by atomic mass is 32.1. The Morgan fingerprint density at radius 3 is 2.88 bits per heavy atom. The first-order chi connectivity index (χ1) is 11.7. The number of nitrogens with one attached hydrogen (secondary N) is 1. The van der Waals surface area contributed by atoms with E-state index < -0.39 is 0 Å².